The summed E-state index contributed by atoms with van der Waals surface area (Å²) in [6.45, 7) is 1.31. The van der Waals surface area contributed by atoms with Crippen LogP contribution in [0.1, 0.15) is 12.8 Å². The summed E-state index contributed by atoms with van der Waals surface area (Å²) in [4.78, 5) is 4.02. The van der Waals surface area contributed by atoms with E-state index in [1.165, 1.54) is 29.7 Å². The predicted molar refractivity (Wildman–Crippen MR) is 103 cm³/mol. The van der Waals surface area contributed by atoms with Gasteiger partial charge in [0.05, 0.1) is 18.5 Å². The minimum Gasteiger partial charge on any atom is -0.378 e. The number of rotatable bonds is 7. The van der Waals surface area contributed by atoms with Crippen LogP contribution in [0.25, 0.3) is 0 Å². The van der Waals surface area contributed by atoms with Crippen LogP contribution in [0.5, 0.6) is 0 Å². The Morgan fingerprint density at radius 3 is 2.81 bits per heavy atom. The lowest BCUT2D eigenvalue weighted by Crippen LogP contribution is -2.35. The molecule has 27 heavy (non-hydrogen) atoms. The van der Waals surface area contributed by atoms with Gasteiger partial charge in [-0.25, -0.2) is 13.4 Å². The highest BCUT2D eigenvalue weighted by Crippen LogP contribution is 2.31. The standard InChI is InChI=1S/C18H23ClN4O3S/c1-22-10-18(20-12-22)27(24,25)23-8-16(17(9-23)26-11-13-5-6-13)21-15-4-2-3-14(19)7-15/h2-4,7,10,12-13,16-17,21H,5-6,8-9,11H2,1H3/t16-,17-/m0/s1. The normalized spacial score (nSPS) is 23.6. The largest absolute Gasteiger partial charge is 0.378 e. The van der Waals surface area contributed by atoms with Gasteiger partial charge >= 0.3 is 0 Å². The Labute approximate surface area is 164 Å². The van der Waals surface area contributed by atoms with Gasteiger partial charge in [-0.3, -0.25) is 0 Å². The molecule has 0 unspecified atom stereocenters. The number of hydrogen-bond acceptors (Lipinski definition) is 5. The molecule has 2 atom stereocenters. The van der Waals surface area contributed by atoms with Gasteiger partial charge in [0.1, 0.15) is 0 Å². The molecule has 1 aliphatic carbocycles. The molecule has 1 aromatic heterocycles. The first-order valence-electron chi connectivity index (χ1n) is 9.03. The number of halogens is 1. The number of nitrogens with one attached hydrogen (secondary N) is 1. The summed E-state index contributed by atoms with van der Waals surface area (Å²) in [5, 5.41) is 4.09. The molecule has 4 rings (SSSR count). The summed E-state index contributed by atoms with van der Waals surface area (Å²) in [6.07, 6.45) is 5.17. The molecule has 1 N–H and O–H groups in total. The lowest BCUT2D eigenvalue weighted by molar-refractivity contribution is 0.0506. The van der Waals surface area contributed by atoms with E-state index in [2.05, 4.69) is 10.3 Å². The minimum atomic E-state index is -3.65. The highest BCUT2D eigenvalue weighted by molar-refractivity contribution is 7.89. The van der Waals surface area contributed by atoms with Crippen molar-refractivity contribution < 1.29 is 13.2 Å². The Bertz CT molecular complexity index is 913. The van der Waals surface area contributed by atoms with E-state index >= 15 is 0 Å². The molecular weight excluding hydrogens is 388 g/mol. The average molecular weight is 411 g/mol. The van der Waals surface area contributed by atoms with Crippen molar-refractivity contribution in [1.82, 2.24) is 13.9 Å². The zero-order chi connectivity index (χ0) is 19.0. The Balaban J connectivity index is 1.52. The molecule has 0 radical (unpaired) electrons. The number of nitrogens with zero attached hydrogens (tertiary/aromatic N) is 3. The SMILES string of the molecule is Cn1cnc(S(=O)(=O)N2C[C@H](Nc3cccc(Cl)c3)[C@@H](OCC3CC3)C2)c1. The van der Waals surface area contributed by atoms with Crippen LogP contribution in [0, 0.1) is 5.92 Å². The zero-order valence-corrected chi connectivity index (χ0v) is 16.7. The zero-order valence-electron chi connectivity index (χ0n) is 15.1. The quantitative estimate of drug-likeness (QED) is 0.758. The summed E-state index contributed by atoms with van der Waals surface area (Å²) >= 11 is 6.07. The van der Waals surface area contributed by atoms with Crippen molar-refractivity contribution in [3.63, 3.8) is 0 Å². The van der Waals surface area contributed by atoms with Gasteiger partial charge in [-0.2, -0.15) is 4.31 Å². The summed E-state index contributed by atoms with van der Waals surface area (Å²) in [5.41, 5.74) is 0.851. The molecule has 2 aromatic rings. The molecule has 1 saturated carbocycles. The topological polar surface area (TPSA) is 76.5 Å². The molecule has 0 bridgehead atoms. The van der Waals surface area contributed by atoms with Crippen LogP contribution in [0.15, 0.2) is 41.8 Å². The van der Waals surface area contributed by atoms with Gasteiger partial charge in [0.15, 0.2) is 5.03 Å². The van der Waals surface area contributed by atoms with Gasteiger partial charge in [0.25, 0.3) is 10.0 Å². The summed E-state index contributed by atoms with van der Waals surface area (Å²) in [6, 6.07) is 7.26. The summed E-state index contributed by atoms with van der Waals surface area (Å²) in [5.74, 6) is 0.610. The van der Waals surface area contributed by atoms with Crippen LogP contribution in [0.2, 0.25) is 5.02 Å². The molecule has 1 aromatic carbocycles. The van der Waals surface area contributed by atoms with E-state index in [0.717, 1.165) is 5.69 Å². The number of imidazole rings is 1. The maximum Gasteiger partial charge on any atom is 0.262 e. The first-order valence-corrected chi connectivity index (χ1v) is 10.9. The monoisotopic (exact) mass is 410 g/mol. The van der Waals surface area contributed by atoms with E-state index in [1.807, 2.05) is 18.2 Å². The Hall–Kier alpha value is -1.61. The number of aromatic nitrogens is 2. The van der Waals surface area contributed by atoms with Crippen LogP contribution in [0.4, 0.5) is 5.69 Å². The highest BCUT2D eigenvalue weighted by Gasteiger charge is 2.41. The Kier molecular flexibility index (Phi) is 5.15. The maximum absolute atomic E-state index is 12.9. The van der Waals surface area contributed by atoms with Crippen molar-refractivity contribution in [2.75, 3.05) is 25.0 Å². The lowest BCUT2D eigenvalue weighted by Gasteiger charge is -2.21. The molecule has 2 heterocycles. The average Bonchev–Trinajstić information content (AvgIpc) is 3.20. The fourth-order valence-corrected chi connectivity index (χ4v) is 4.87. The van der Waals surface area contributed by atoms with E-state index < -0.39 is 10.0 Å². The molecule has 1 saturated heterocycles. The molecule has 2 fully saturated rings. The molecule has 1 aliphatic heterocycles. The first kappa shape index (κ1) is 18.7. The third-order valence-electron chi connectivity index (χ3n) is 4.94. The van der Waals surface area contributed by atoms with Crippen LogP contribution < -0.4 is 5.32 Å². The molecular formula is C18H23ClN4O3S. The predicted octanol–water partition coefficient (Wildman–Crippen LogP) is 2.35. The van der Waals surface area contributed by atoms with Crippen molar-refractivity contribution in [1.29, 1.82) is 0 Å². The fourth-order valence-electron chi connectivity index (χ4n) is 3.23. The van der Waals surface area contributed by atoms with Crippen molar-refractivity contribution in [2.45, 2.75) is 30.0 Å². The highest BCUT2D eigenvalue weighted by atomic mass is 35.5. The molecule has 146 valence electrons. The Morgan fingerprint density at radius 1 is 1.33 bits per heavy atom. The number of hydrogen-bond donors (Lipinski definition) is 1. The van der Waals surface area contributed by atoms with E-state index in [9.17, 15) is 8.42 Å². The van der Waals surface area contributed by atoms with Gasteiger partial charge in [0.2, 0.25) is 0 Å². The van der Waals surface area contributed by atoms with Crippen molar-refractivity contribution in [3.05, 3.63) is 41.8 Å². The van der Waals surface area contributed by atoms with E-state index in [1.54, 1.807) is 17.7 Å². The van der Waals surface area contributed by atoms with Crippen molar-refractivity contribution >= 4 is 27.3 Å². The van der Waals surface area contributed by atoms with Gasteiger partial charge in [-0.15, -0.1) is 0 Å². The third kappa shape index (κ3) is 4.29. The molecule has 9 heteroatoms. The van der Waals surface area contributed by atoms with Crippen LogP contribution in [-0.4, -0.2) is 54.1 Å². The van der Waals surface area contributed by atoms with Gasteiger partial charge < -0.3 is 14.6 Å². The van der Waals surface area contributed by atoms with Gasteiger partial charge in [-0.05, 0) is 37.0 Å². The second-order valence-electron chi connectivity index (χ2n) is 7.28. The number of anilines is 1. The third-order valence-corrected chi connectivity index (χ3v) is 6.89. The number of aryl methyl sites for hydroxylation is 1. The van der Waals surface area contributed by atoms with E-state index in [4.69, 9.17) is 16.3 Å². The van der Waals surface area contributed by atoms with Gasteiger partial charge in [0, 0.05) is 43.7 Å². The number of benzene rings is 1. The van der Waals surface area contributed by atoms with Crippen LogP contribution >= 0.6 is 11.6 Å². The molecule has 0 spiro atoms. The summed E-state index contributed by atoms with van der Waals surface area (Å²) < 4.78 is 35.0. The molecule has 0 amide bonds. The minimum absolute atomic E-state index is 0.0642. The van der Waals surface area contributed by atoms with Crippen LogP contribution in [-0.2, 0) is 21.8 Å². The number of ether oxygens (including phenoxy) is 1. The summed E-state index contributed by atoms with van der Waals surface area (Å²) in [7, 11) is -1.90. The fraction of sp³-hybridized carbons (Fsp3) is 0.500. The lowest BCUT2D eigenvalue weighted by atomic mass is 10.2. The van der Waals surface area contributed by atoms with Crippen LogP contribution in [0.3, 0.4) is 0 Å². The van der Waals surface area contributed by atoms with E-state index in [0.29, 0.717) is 30.6 Å². The second-order valence-corrected chi connectivity index (χ2v) is 9.60. The Morgan fingerprint density at radius 2 is 2.15 bits per heavy atom. The molecule has 7 nitrogen and oxygen atoms in total. The molecule has 2 aliphatic rings. The number of sulfonamides is 1. The van der Waals surface area contributed by atoms with E-state index in [-0.39, 0.29) is 17.2 Å². The second kappa shape index (κ2) is 7.43. The first-order chi connectivity index (χ1) is 12.9. The smallest absolute Gasteiger partial charge is 0.262 e. The van der Waals surface area contributed by atoms with Crippen molar-refractivity contribution in [2.24, 2.45) is 13.0 Å². The van der Waals surface area contributed by atoms with Crippen molar-refractivity contribution in [3.8, 4) is 0 Å². The van der Waals surface area contributed by atoms with Gasteiger partial charge in [-0.1, -0.05) is 17.7 Å². The maximum atomic E-state index is 12.9.